The van der Waals surface area contributed by atoms with Gasteiger partial charge in [-0.2, -0.15) is 0 Å². The first-order chi connectivity index (χ1) is 6.22. The average Bonchev–Trinajstić information content (AvgIpc) is 2.55. The molecular formula is C9H19N3O. The molecule has 0 bridgehead atoms. The van der Waals surface area contributed by atoms with Crippen LogP contribution in [0.3, 0.4) is 0 Å². The van der Waals surface area contributed by atoms with E-state index in [0.29, 0.717) is 12.6 Å². The van der Waals surface area contributed by atoms with Gasteiger partial charge in [-0.05, 0) is 25.9 Å². The lowest BCUT2D eigenvalue weighted by Crippen LogP contribution is -2.41. The Morgan fingerprint density at radius 1 is 1.69 bits per heavy atom. The summed E-state index contributed by atoms with van der Waals surface area (Å²) in [5.41, 5.74) is 5.14. The number of amides is 1. The third-order valence-corrected chi connectivity index (χ3v) is 2.47. The Morgan fingerprint density at radius 3 is 2.92 bits per heavy atom. The van der Waals surface area contributed by atoms with Gasteiger partial charge in [0.2, 0.25) is 5.91 Å². The molecule has 0 radical (unpaired) electrons. The second-order valence-electron chi connectivity index (χ2n) is 3.59. The first-order valence-corrected chi connectivity index (χ1v) is 4.96. The van der Waals surface area contributed by atoms with E-state index in [9.17, 15) is 4.79 Å². The van der Waals surface area contributed by atoms with E-state index in [0.717, 1.165) is 19.6 Å². The summed E-state index contributed by atoms with van der Waals surface area (Å²) in [7, 11) is 0. The van der Waals surface area contributed by atoms with E-state index in [4.69, 9.17) is 5.73 Å². The number of hydrogen-bond acceptors (Lipinski definition) is 3. The summed E-state index contributed by atoms with van der Waals surface area (Å²) < 4.78 is 0. The predicted octanol–water partition coefficient (Wildman–Crippen LogP) is -0.454. The maximum Gasteiger partial charge on any atom is 0.231 e. The summed E-state index contributed by atoms with van der Waals surface area (Å²) in [5.74, 6) is -0.236. The van der Waals surface area contributed by atoms with E-state index in [2.05, 4.69) is 17.1 Å². The zero-order chi connectivity index (χ0) is 9.68. The van der Waals surface area contributed by atoms with Crippen LogP contribution in [0.4, 0.5) is 0 Å². The smallest absolute Gasteiger partial charge is 0.231 e. The van der Waals surface area contributed by atoms with Crippen molar-refractivity contribution in [3.05, 3.63) is 0 Å². The highest BCUT2D eigenvalue weighted by molar-refractivity contribution is 5.75. The fraction of sp³-hybridized carbons (Fsp3) is 0.889. The Morgan fingerprint density at radius 2 is 2.46 bits per heavy atom. The molecule has 0 aromatic heterocycles. The molecule has 0 saturated carbocycles. The molecule has 1 fully saturated rings. The van der Waals surface area contributed by atoms with Crippen LogP contribution in [0.2, 0.25) is 0 Å². The SMILES string of the molecule is CCN(CC(N)=O)C[C@H]1CCCN1. The van der Waals surface area contributed by atoms with E-state index < -0.39 is 0 Å². The molecule has 3 N–H and O–H groups in total. The third kappa shape index (κ3) is 3.74. The molecule has 0 spiro atoms. The van der Waals surface area contributed by atoms with Crippen LogP contribution in [0.5, 0.6) is 0 Å². The van der Waals surface area contributed by atoms with Crippen LogP contribution in [0.15, 0.2) is 0 Å². The molecule has 1 aliphatic heterocycles. The molecule has 0 aliphatic carbocycles. The van der Waals surface area contributed by atoms with Crippen LogP contribution in [-0.2, 0) is 4.79 Å². The zero-order valence-corrected chi connectivity index (χ0v) is 8.25. The molecule has 1 amide bonds. The third-order valence-electron chi connectivity index (χ3n) is 2.47. The fourth-order valence-corrected chi connectivity index (χ4v) is 1.75. The minimum absolute atomic E-state index is 0.236. The molecule has 4 nitrogen and oxygen atoms in total. The molecule has 4 heteroatoms. The molecule has 1 atom stereocenters. The summed E-state index contributed by atoms with van der Waals surface area (Å²) in [6.07, 6.45) is 2.47. The van der Waals surface area contributed by atoms with E-state index in [1.54, 1.807) is 0 Å². The van der Waals surface area contributed by atoms with Gasteiger partial charge in [0.15, 0.2) is 0 Å². The number of nitrogens with zero attached hydrogens (tertiary/aromatic N) is 1. The lowest BCUT2D eigenvalue weighted by atomic mass is 10.2. The molecule has 1 heterocycles. The van der Waals surface area contributed by atoms with Crippen molar-refractivity contribution in [3.63, 3.8) is 0 Å². The quantitative estimate of drug-likeness (QED) is 0.609. The van der Waals surface area contributed by atoms with Crippen LogP contribution in [-0.4, -0.2) is 43.0 Å². The minimum atomic E-state index is -0.236. The average molecular weight is 185 g/mol. The maximum absolute atomic E-state index is 10.7. The van der Waals surface area contributed by atoms with Gasteiger partial charge in [-0.25, -0.2) is 0 Å². The highest BCUT2D eigenvalue weighted by atomic mass is 16.1. The predicted molar refractivity (Wildman–Crippen MR) is 52.3 cm³/mol. The Balaban J connectivity index is 2.25. The first-order valence-electron chi connectivity index (χ1n) is 4.96. The molecule has 0 aromatic carbocycles. The van der Waals surface area contributed by atoms with Gasteiger partial charge in [0.25, 0.3) is 0 Å². The standard InChI is InChI=1S/C9H19N3O/c1-2-12(7-9(10)13)6-8-4-3-5-11-8/h8,11H,2-7H2,1H3,(H2,10,13)/t8-/m1/s1. The van der Waals surface area contributed by atoms with Gasteiger partial charge in [0.1, 0.15) is 0 Å². The number of nitrogens with two attached hydrogens (primary N) is 1. The molecule has 1 saturated heterocycles. The van der Waals surface area contributed by atoms with Gasteiger partial charge < -0.3 is 11.1 Å². The van der Waals surface area contributed by atoms with Gasteiger partial charge in [-0.1, -0.05) is 6.92 Å². The second kappa shape index (κ2) is 5.19. The topological polar surface area (TPSA) is 58.4 Å². The number of hydrogen-bond donors (Lipinski definition) is 2. The highest BCUT2D eigenvalue weighted by Crippen LogP contribution is 2.06. The summed E-state index contributed by atoms with van der Waals surface area (Å²) in [6.45, 7) is 5.38. The number of rotatable bonds is 5. The molecule has 0 unspecified atom stereocenters. The van der Waals surface area contributed by atoms with Crippen molar-refractivity contribution in [2.45, 2.75) is 25.8 Å². The van der Waals surface area contributed by atoms with Crippen molar-refractivity contribution in [2.75, 3.05) is 26.2 Å². The summed E-state index contributed by atoms with van der Waals surface area (Å²) in [4.78, 5) is 12.8. The van der Waals surface area contributed by atoms with E-state index in [1.165, 1.54) is 12.8 Å². The minimum Gasteiger partial charge on any atom is -0.369 e. The van der Waals surface area contributed by atoms with Gasteiger partial charge in [-0.3, -0.25) is 9.69 Å². The van der Waals surface area contributed by atoms with Gasteiger partial charge in [0, 0.05) is 12.6 Å². The summed E-state index contributed by atoms with van der Waals surface area (Å²) >= 11 is 0. The van der Waals surface area contributed by atoms with Crippen LogP contribution < -0.4 is 11.1 Å². The van der Waals surface area contributed by atoms with Crippen molar-refractivity contribution in [1.82, 2.24) is 10.2 Å². The molecule has 13 heavy (non-hydrogen) atoms. The molecule has 1 aliphatic rings. The van der Waals surface area contributed by atoms with Crippen LogP contribution in [0.25, 0.3) is 0 Å². The van der Waals surface area contributed by atoms with E-state index in [-0.39, 0.29) is 5.91 Å². The second-order valence-corrected chi connectivity index (χ2v) is 3.59. The normalized spacial score (nSPS) is 22.5. The molecule has 76 valence electrons. The Kier molecular flexibility index (Phi) is 4.18. The molecule has 0 aromatic rings. The lowest BCUT2D eigenvalue weighted by molar-refractivity contribution is -0.119. The molecular weight excluding hydrogens is 166 g/mol. The fourth-order valence-electron chi connectivity index (χ4n) is 1.75. The van der Waals surface area contributed by atoms with Gasteiger partial charge in [-0.15, -0.1) is 0 Å². The number of likely N-dealkylation sites (N-methyl/N-ethyl adjacent to an activating group) is 1. The lowest BCUT2D eigenvalue weighted by Gasteiger charge is -2.22. The van der Waals surface area contributed by atoms with Crippen molar-refractivity contribution in [3.8, 4) is 0 Å². The largest absolute Gasteiger partial charge is 0.369 e. The van der Waals surface area contributed by atoms with E-state index >= 15 is 0 Å². The summed E-state index contributed by atoms with van der Waals surface area (Å²) in [6, 6.07) is 0.555. The summed E-state index contributed by atoms with van der Waals surface area (Å²) in [5, 5.41) is 3.40. The number of primary amides is 1. The Bertz CT molecular complexity index is 166. The monoisotopic (exact) mass is 185 g/mol. The number of carbonyl (C=O) groups is 1. The highest BCUT2D eigenvalue weighted by Gasteiger charge is 2.17. The van der Waals surface area contributed by atoms with Crippen LogP contribution in [0, 0.1) is 0 Å². The van der Waals surface area contributed by atoms with Crippen molar-refractivity contribution >= 4 is 5.91 Å². The first kappa shape index (κ1) is 10.5. The Hall–Kier alpha value is -0.610. The number of carbonyl (C=O) groups excluding carboxylic acids is 1. The van der Waals surface area contributed by atoms with Gasteiger partial charge >= 0.3 is 0 Å². The van der Waals surface area contributed by atoms with E-state index in [1.807, 2.05) is 0 Å². The van der Waals surface area contributed by atoms with Crippen LogP contribution >= 0.6 is 0 Å². The Labute approximate surface area is 79.5 Å². The number of nitrogens with one attached hydrogen (secondary N) is 1. The van der Waals surface area contributed by atoms with Crippen molar-refractivity contribution in [2.24, 2.45) is 5.73 Å². The zero-order valence-electron chi connectivity index (χ0n) is 8.25. The van der Waals surface area contributed by atoms with Crippen LogP contribution in [0.1, 0.15) is 19.8 Å². The molecule has 1 rings (SSSR count). The van der Waals surface area contributed by atoms with Crippen molar-refractivity contribution < 1.29 is 4.79 Å². The van der Waals surface area contributed by atoms with Gasteiger partial charge in [0.05, 0.1) is 6.54 Å². The maximum atomic E-state index is 10.7. The van der Waals surface area contributed by atoms with Crippen molar-refractivity contribution in [1.29, 1.82) is 0 Å².